The minimum atomic E-state index is -4.73. The van der Waals surface area contributed by atoms with Crippen LogP contribution in [0.3, 0.4) is 0 Å². The molecular weight excluding hydrogens is 194 g/mol. The number of hydrogen-bond acceptors (Lipinski definition) is 2. The monoisotopic (exact) mass is 210 g/mol. The third kappa shape index (κ3) is 3.88. The summed E-state index contributed by atoms with van der Waals surface area (Å²) in [6.07, 6.45) is 2.44. The first-order chi connectivity index (χ1) is 6.53. The van der Waals surface area contributed by atoms with Gasteiger partial charge in [-0.3, -0.25) is 0 Å². The van der Waals surface area contributed by atoms with Gasteiger partial charge >= 0.3 is 6.98 Å². The Morgan fingerprint density at radius 2 is 1.93 bits per heavy atom. The molecule has 0 aromatic heterocycles. The lowest BCUT2D eigenvalue weighted by Gasteiger charge is -2.40. The topological polar surface area (TPSA) is 23.5 Å². The largest absolute Gasteiger partial charge is 0.492 e. The molecule has 1 rings (SSSR count). The van der Waals surface area contributed by atoms with E-state index in [9.17, 15) is 12.9 Å². The summed E-state index contributed by atoms with van der Waals surface area (Å²) in [5.74, 6) is 0. The van der Waals surface area contributed by atoms with Gasteiger partial charge in [-0.2, -0.15) is 0 Å². The van der Waals surface area contributed by atoms with Crippen LogP contribution < -0.4 is 0 Å². The highest BCUT2D eigenvalue weighted by Gasteiger charge is 2.32. The third-order valence-electron chi connectivity index (χ3n) is 2.64. The van der Waals surface area contributed by atoms with Crippen LogP contribution in [0.1, 0.15) is 25.7 Å². The maximum atomic E-state index is 12.2. The van der Waals surface area contributed by atoms with Crippen LogP contribution >= 0.6 is 0 Å². The molecule has 0 unspecified atom stereocenters. The van der Waals surface area contributed by atoms with Crippen LogP contribution in [0.4, 0.5) is 12.9 Å². The fourth-order valence-corrected chi connectivity index (χ4v) is 1.71. The summed E-state index contributed by atoms with van der Waals surface area (Å²) in [6, 6.07) is 0.102. The van der Waals surface area contributed by atoms with E-state index in [0.29, 0.717) is 13.0 Å². The zero-order valence-corrected chi connectivity index (χ0v) is 8.13. The van der Waals surface area contributed by atoms with E-state index < -0.39 is 13.4 Å². The number of aliphatic hydroxyl groups is 1. The molecule has 0 aromatic rings. The maximum Gasteiger partial charge on any atom is 0.492 e. The number of aliphatic hydroxyl groups excluding tert-OH is 1. The fraction of sp³-hybridized carbons (Fsp3) is 1.00. The van der Waals surface area contributed by atoms with Gasteiger partial charge in [0, 0.05) is 12.6 Å². The first kappa shape index (κ1) is 11.8. The number of hydrogen-bond donors (Lipinski definition) is 1. The summed E-state index contributed by atoms with van der Waals surface area (Å²) in [7, 11) is 0. The van der Waals surface area contributed by atoms with E-state index in [4.69, 9.17) is 5.11 Å². The van der Waals surface area contributed by atoms with Crippen molar-refractivity contribution in [1.29, 1.82) is 0 Å². The Morgan fingerprint density at radius 3 is 2.29 bits per heavy atom. The average Bonchev–Trinajstić information content (AvgIpc) is 1.93. The zero-order valence-electron chi connectivity index (χ0n) is 8.13. The lowest BCUT2D eigenvalue weighted by atomic mass is 9.85. The van der Waals surface area contributed by atoms with E-state index in [0.717, 1.165) is 19.3 Å². The van der Waals surface area contributed by atoms with Gasteiger partial charge in [-0.05, 0) is 32.3 Å². The van der Waals surface area contributed by atoms with E-state index in [-0.39, 0.29) is 12.6 Å². The smallest absolute Gasteiger partial charge is 0.448 e. The van der Waals surface area contributed by atoms with Crippen molar-refractivity contribution in [1.82, 2.24) is 4.90 Å². The van der Waals surface area contributed by atoms with Crippen LogP contribution in [0, 0.1) is 0 Å². The molecule has 0 amide bonds. The van der Waals surface area contributed by atoms with Gasteiger partial charge in [0.1, 0.15) is 0 Å². The van der Waals surface area contributed by atoms with Gasteiger partial charge in [-0.25, -0.2) is 0 Å². The van der Waals surface area contributed by atoms with Crippen molar-refractivity contribution in [3.63, 3.8) is 0 Å². The number of halogens is 3. The Kier molecular flexibility index (Phi) is 4.25. The highest BCUT2D eigenvalue weighted by Crippen LogP contribution is 2.26. The van der Waals surface area contributed by atoms with Crippen molar-refractivity contribution in [2.45, 2.75) is 31.7 Å². The molecule has 0 heterocycles. The SMILES string of the molecule is OCCCN(C[B-](F)(F)F)C1CCC1. The Hall–Kier alpha value is -0.225. The minimum Gasteiger partial charge on any atom is -0.448 e. The quantitative estimate of drug-likeness (QED) is 0.673. The normalized spacial score (nSPS) is 18.6. The predicted molar refractivity (Wildman–Crippen MR) is 50.0 cm³/mol. The highest BCUT2D eigenvalue weighted by atomic mass is 19.4. The molecule has 0 radical (unpaired) electrons. The van der Waals surface area contributed by atoms with Crippen LogP contribution in [-0.4, -0.2) is 42.6 Å². The first-order valence-corrected chi connectivity index (χ1v) is 5.09. The minimum absolute atomic E-state index is 0.0337. The van der Waals surface area contributed by atoms with Crippen molar-refractivity contribution in [2.75, 3.05) is 19.6 Å². The molecule has 0 aliphatic heterocycles. The fourth-order valence-electron chi connectivity index (χ4n) is 1.71. The molecule has 0 atom stereocenters. The second-order valence-corrected chi connectivity index (χ2v) is 3.87. The van der Waals surface area contributed by atoms with Gasteiger partial charge in [-0.1, -0.05) is 6.42 Å². The van der Waals surface area contributed by atoms with Crippen LogP contribution in [0.15, 0.2) is 0 Å². The van der Waals surface area contributed by atoms with Crippen molar-refractivity contribution >= 4 is 6.98 Å². The van der Waals surface area contributed by atoms with Gasteiger partial charge in [0.15, 0.2) is 0 Å². The van der Waals surface area contributed by atoms with Crippen LogP contribution in [0.25, 0.3) is 0 Å². The predicted octanol–water partition coefficient (Wildman–Crippen LogP) is 1.61. The van der Waals surface area contributed by atoms with Gasteiger partial charge in [-0.15, -0.1) is 0 Å². The first-order valence-electron chi connectivity index (χ1n) is 5.09. The molecule has 84 valence electrons. The lowest BCUT2D eigenvalue weighted by molar-refractivity contribution is 0.125. The Morgan fingerprint density at radius 1 is 1.29 bits per heavy atom. The molecule has 0 aromatic carbocycles. The molecule has 1 saturated carbocycles. The van der Waals surface area contributed by atoms with E-state index >= 15 is 0 Å². The maximum absolute atomic E-state index is 12.2. The van der Waals surface area contributed by atoms with E-state index in [2.05, 4.69) is 0 Å². The van der Waals surface area contributed by atoms with Gasteiger partial charge in [0.05, 0.1) is 0 Å². The molecule has 1 aliphatic carbocycles. The molecular formula is C8H16BF3NO-. The van der Waals surface area contributed by atoms with Crippen LogP contribution in [0.5, 0.6) is 0 Å². The standard InChI is InChI=1S/C8H16BF3NO/c10-9(11,12)7-13(5-2-6-14)8-3-1-4-8/h8,14H,1-7H2/q-1. The van der Waals surface area contributed by atoms with E-state index in [1.165, 1.54) is 4.90 Å². The zero-order chi connectivity index (χ0) is 10.6. The van der Waals surface area contributed by atoms with E-state index in [1.54, 1.807) is 0 Å². The van der Waals surface area contributed by atoms with Crippen molar-refractivity contribution in [3.05, 3.63) is 0 Å². The van der Waals surface area contributed by atoms with E-state index in [1.807, 2.05) is 0 Å². The van der Waals surface area contributed by atoms with Gasteiger partial charge < -0.3 is 23.0 Å². The molecule has 1 fully saturated rings. The van der Waals surface area contributed by atoms with Gasteiger partial charge in [0.25, 0.3) is 0 Å². The summed E-state index contributed by atoms with van der Waals surface area (Å²) in [4.78, 5) is 1.47. The second-order valence-electron chi connectivity index (χ2n) is 3.87. The van der Waals surface area contributed by atoms with Crippen molar-refractivity contribution in [2.24, 2.45) is 0 Å². The molecule has 0 spiro atoms. The summed E-state index contributed by atoms with van der Waals surface area (Å²) in [5, 5.41) is 8.58. The van der Waals surface area contributed by atoms with Crippen LogP contribution in [-0.2, 0) is 0 Å². The number of nitrogens with zero attached hydrogens (tertiary/aromatic N) is 1. The third-order valence-corrected chi connectivity index (χ3v) is 2.64. The summed E-state index contributed by atoms with van der Waals surface area (Å²) >= 11 is 0. The Labute approximate surface area is 82.1 Å². The Bertz CT molecular complexity index is 172. The Balaban J connectivity index is 2.35. The molecule has 1 N–H and O–H groups in total. The second kappa shape index (κ2) is 5.02. The lowest BCUT2D eigenvalue weighted by Crippen LogP contribution is -2.47. The average molecular weight is 210 g/mol. The van der Waals surface area contributed by atoms with Crippen LogP contribution in [0.2, 0.25) is 0 Å². The molecule has 2 nitrogen and oxygen atoms in total. The molecule has 0 bridgehead atoms. The summed E-state index contributed by atoms with van der Waals surface area (Å²) in [5.41, 5.74) is 0. The van der Waals surface area contributed by atoms with Crippen molar-refractivity contribution < 1.29 is 18.1 Å². The molecule has 1 aliphatic rings. The molecule has 6 heteroatoms. The van der Waals surface area contributed by atoms with Gasteiger partial charge in [0.2, 0.25) is 0 Å². The summed E-state index contributed by atoms with van der Waals surface area (Å²) < 4.78 is 36.6. The molecule has 0 saturated heterocycles. The summed E-state index contributed by atoms with van der Waals surface area (Å²) in [6.45, 7) is -4.40. The number of rotatable bonds is 6. The van der Waals surface area contributed by atoms with Crippen molar-refractivity contribution in [3.8, 4) is 0 Å². The molecule has 14 heavy (non-hydrogen) atoms. The highest BCUT2D eigenvalue weighted by molar-refractivity contribution is 6.58.